The largest absolute Gasteiger partial charge is 0.380 e. The van der Waals surface area contributed by atoms with Crippen LogP contribution >= 0.6 is 0 Å². The maximum atomic E-state index is 6.06. The van der Waals surface area contributed by atoms with Crippen LogP contribution in [0.5, 0.6) is 0 Å². The van der Waals surface area contributed by atoms with E-state index in [0.717, 1.165) is 11.2 Å². The summed E-state index contributed by atoms with van der Waals surface area (Å²) in [7, 11) is 3.88. The fourth-order valence-corrected chi connectivity index (χ4v) is 2.59. The van der Waals surface area contributed by atoms with Gasteiger partial charge in [0.15, 0.2) is 12.1 Å². The highest BCUT2D eigenvalue weighted by Gasteiger charge is 2.18. The number of imidazole rings is 1. The van der Waals surface area contributed by atoms with E-state index in [1.807, 2.05) is 29.6 Å². The monoisotopic (exact) mass is 297 g/mol. The van der Waals surface area contributed by atoms with Crippen molar-refractivity contribution in [1.29, 1.82) is 0 Å². The number of fused-ring (bicyclic) bond motifs is 1. The maximum absolute atomic E-state index is 6.06. The van der Waals surface area contributed by atoms with Gasteiger partial charge in [-0.15, -0.1) is 0 Å². The lowest BCUT2D eigenvalue weighted by molar-refractivity contribution is -0.647. The van der Waals surface area contributed by atoms with E-state index in [2.05, 4.69) is 47.3 Å². The lowest BCUT2D eigenvalue weighted by Gasteiger charge is -2.06. The highest BCUT2D eigenvalue weighted by atomic mass is 15.2. The van der Waals surface area contributed by atoms with Crippen molar-refractivity contribution < 1.29 is 4.57 Å². The van der Waals surface area contributed by atoms with Crippen molar-refractivity contribution in [3.63, 3.8) is 0 Å². The van der Waals surface area contributed by atoms with Crippen molar-refractivity contribution in [3.05, 3.63) is 41.2 Å². The Balaban J connectivity index is 1.88. The highest BCUT2D eigenvalue weighted by molar-refractivity contribution is 5.80. The number of nitrogen functional groups attached to an aromatic ring is 1. The van der Waals surface area contributed by atoms with Crippen LogP contribution in [0, 0.1) is 13.8 Å². The normalized spacial score (nSPS) is 11.1. The number of nitrogens with zero attached hydrogens (tertiary/aromatic N) is 4. The molecule has 0 amide bonds. The third-order valence-electron chi connectivity index (χ3n) is 3.95. The van der Waals surface area contributed by atoms with Gasteiger partial charge in [-0.05, 0) is 30.5 Å². The molecule has 0 aliphatic carbocycles. The van der Waals surface area contributed by atoms with Gasteiger partial charge in [0, 0.05) is 6.54 Å². The summed E-state index contributed by atoms with van der Waals surface area (Å²) < 4.78 is 3.87. The van der Waals surface area contributed by atoms with Gasteiger partial charge in [-0.25, -0.2) is 4.57 Å². The molecule has 3 aromatic rings. The third kappa shape index (κ3) is 2.47. The second-order valence-electron chi connectivity index (χ2n) is 5.71. The van der Waals surface area contributed by atoms with Crippen molar-refractivity contribution in [2.75, 3.05) is 11.1 Å². The second kappa shape index (κ2) is 5.29. The van der Waals surface area contributed by atoms with E-state index in [9.17, 15) is 0 Å². The maximum Gasteiger partial charge on any atom is 0.309 e. The van der Waals surface area contributed by atoms with Crippen LogP contribution in [0.15, 0.2) is 24.5 Å². The van der Waals surface area contributed by atoms with Gasteiger partial charge in [-0.2, -0.15) is 4.98 Å². The first-order valence-corrected chi connectivity index (χ1v) is 7.24. The summed E-state index contributed by atoms with van der Waals surface area (Å²) in [4.78, 5) is 8.90. The number of benzene rings is 1. The molecule has 1 aromatic carbocycles. The van der Waals surface area contributed by atoms with Crippen LogP contribution in [-0.2, 0) is 20.6 Å². The summed E-state index contributed by atoms with van der Waals surface area (Å²) in [6.45, 7) is 4.89. The molecule has 3 rings (SSSR count). The summed E-state index contributed by atoms with van der Waals surface area (Å²) in [6.07, 6.45) is 1.93. The fraction of sp³-hybridized carbons (Fsp3) is 0.312. The molecule has 3 N–H and O–H groups in total. The van der Waals surface area contributed by atoms with Gasteiger partial charge in [0.05, 0.1) is 14.1 Å². The van der Waals surface area contributed by atoms with Gasteiger partial charge in [0.2, 0.25) is 5.52 Å². The summed E-state index contributed by atoms with van der Waals surface area (Å²) in [5, 5.41) is 3.25. The Morgan fingerprint density at radius 2 is 2.00 bits per heavy atom. The smallest absolute Gasteiger partial charge is 0.309 e. The molecule has 0 atom stereocenters. The Labute approximate surface area is 129 Å². The summed E-state index contributed by atoms with van der Waals surface area (Å²) in [5.74, 6) is 1.03. The zero-order valence-electron chi connectivity index (χ0n) is 13.4. The molecule has 0 bridgehead atoms. The molecule has 0 fully saturated rings. The van der Waals surface area contributed by atoms with E-state index in [4.69, 9.17) is 5.73 Å². The van der Waals surface area contributed by atoms with Crippen molar-refractivity contribution in [3.8, 4) is 0 Å². The molecule has 0 radical (unpaired) electrons. The van der Waals surface area contributed by atoms with Gasteiger partial charge in [-0.3, -0.25) is 4.57 Å². The third-order valence-corrected chi connectivity index (χ3v) is 3.95. The molecular formula is C16H21N6+. The molecule has 6 heteroatoms. The molecule has 6 nitrogen and oxygen atoms in total. The topological polar surface area (TPSA) is 72.6 Å². The average molecular weight is 297 g/mol. The first-order chi connectivity index (χ1) is 10.5. The number of hydrogen-bond acceptors (Lipinski definition) is 4. The highest BCUT2D eigenvalue weighted by Crippen LogP contribution is 2.17. The molecule has 22 heavy (non-hydrogen) atoms. The average Bonchev–Trinajstić information content (AvgIpc) is 2.75. The minimum atomic E-state index is 0.482. The Kier molecular flexibility index (Phi) is 3.44. The first kappa shape index (κ1) is 14.3. The standard InChI is InChI=1S/C16H21N6/c1-10-5-6-12(7-11(10)2)8-18-16-19-14(17)13-15(20-16)22(4)9-21(13)3/h5-7,9H,8H2,1-4H3,(H3,17,18,19,20)/q+1. The van der Waals surface area contributed by atoms with Crippen molar-refractivity contribution in [2.24, 2.45) is 14.1 Å². The predicted molar refractivity (Wildman–Crippen MR) is 87.3 cm³/mol. The molecule has 0 aliphatic heterocycles. The lowest BCUT2D eigenvalue weighted by Crippen LogP contribution is -2.26. The Morgan fingerprint density at radius 1 is 1.23 bits per heavy atom. The van der Waals surface area contributed by atoms with Gasteiger partial charge >= 0.3 is 11.6 Å². The van der Waals surface area contributed by atoms with Gasteiger partial charge in [-0.1, -0.05) is 23.2 Å². The van der Waals surface area contributed by atoms with E-state index < -0.39 is 0 Å². The quantitative estimate of drug-likeness (QED) is 0.720. The zero-order valence-corrected chi connectivity index (χ0v) is 13.4. The van der Waals surface area contributed by atoms with Crippen LogP contribution in [0.4, 0.5) is 11.8 Å². The number of nitrogens with two attached hydrogens (primary N) is 1. The van der Waals surface area contributed by atoms with Crippen LogP contribution in [0.3, 0.4) is 0 Å². The van der Waals surface area contributed by atoms with Crippen molar-refractivity contribution >= 4 is 22.9 Å². The SMILES string of the molecule is Cc1ccc(CNc2nc(N)c3c(n2)[n+](C)cn3C)cc1C. The lowest BCUT2D eigenvalue weighted by atomic mass is 10.1. The number of anilines is 2. The molecule has 0 saturated carbocycles. The molecule has 114 valence electrons. The van der Waals surface area contributed by atoms with Crippen LogP contribution in [0.25, 0.3) is 11.2 Å². The Bertz CT molecular complexity index is 849. The van der Waals surface area contributed by atoms with E-state index >= 15 is 0 Å². The van der Waals surface area contributed by atoms with Gasteiger partial charge in [0.25, 0.3) is 0 Å². The van der Waals surface area contributed by atoms with Crippen LogP contribution in [0.2, 0.25) is 0 Å². The van der Waals surface area contributed by atoms with E-state index in [1.54, 1.807) is 0 Å². The Hall–Kier alpha value is -2.63. The molecule has 0 saturated heterocycles. The fourth-order valence-electron chi connectivity index (χ4n) is 2.59. The number of nitrogens with one attached hydrogen (secondary N) is 1. The van der Waals surface area contributed by atoms with Crippen LogP contribution in [-0.4, -0.2) is 14.5 Å². The van der Waals surface area contributed by atoms with E-state index in [-0.39, 0.29) is 0 Å². The van der Waals surface area contributed by atoms with Crippen LogP contribution < -0.4 is 15.6 Å². The summed E-state index contributed by atoms with van der Waals surface area (Å²) in [5.41, 5.74) is 11.5. The Morgan fingerprint density at radius 3 is 2.73 bits per heavy atom. The number of rotatable bonds is 3. The summed E-state index contributed by atoms with van der Waals surface area (Å²) >= 11 is 0. The van der Waals surface area contributed by atoms with Gasteiger partial charge < -0.3 is 11.1 Å². The number of aryl methyl sites for hydroxylation is 4. The minimum absolute atomic E-state index is 0.482. The zero-order chi connectivity index (χ0) is 15.9. The number of aromatic nitrogens is 4. The van der Waals surface area contributed by atoms with Gasteiger partial charge in [0.1, 0.15) is 0 Å². The molecule has 2 heterocycles. The molecule has 0 spiro atoms. The predicted octanol–water partition coefficient (Wildman–Crippen LogP) is 1.60. The van der Waals surface area contributed by atoms with Crippen LogP contribution in [0.1, 0.15) is 16.7 Å². The summed E-state index contributed by atoms with van der Waals surface area (Å²) in [6, 6.07) is 6.41. The van der Waals surface area contributed by atoms with Crippen molar-refractivity contribution in [1.82, 2.24) is 14.5 Å². The minimum Gasteiger partial charge on any atom is -0.380 e. The molecule has 0 aliphatic rings. The number of hydrogen-bond donors (Lipinski definition) is 2. The first-order valence-electron chi connectivity index (χ1n) is 7.24. The molecular weight excluding hydrogens is 276 g/mol. The van der Waals surface area contributed by atoms with Crippen molar-refractivity contribution in [2.45, 2.75) is 20.4 Å². The molecule has 2 aromatic heterocycles. The second-order valence-corrected chi connectivity index (χ2v) is 5.71. The van der Waals surface area contributed by atoms with E-state index in [1.165, 1.54) is 16.7 Å². The van der Waals surface area contributed by atoms with E-state index in [0.29, 0.717) is 18.3 Å². The molecule has 0 unspecified atom stereocenters.